The Labute approximate surface area is 85.8 Å². The Morgan fingerprint density at radius 3 is 2.57 bits per heavy atom. The Morgan fingerprint density at radius 2 is 1.86 bits per heavy atom. The third kappa shape index (κ3) is 1.67. The van der Waals surface area contributed by atoms with Crippen LogP contribution >= 0.6 is 0 Å². The van der Waals surface area contributed by atoms with Crippen LogP contribution in [-0.4, -0.2) is 0 Å². The fourth-order valence-electron chi connectivity index (χ4n) is 1.71. The largest absolute Gasteiger partial charge is 0.384 e. The first kappa shape index (κ1) is 9.32. The molecule has 1 N–H and O–H groups in total. The van der Waals surface area contributed by atoms with Crippen molar-refractivity contribution in [3.63, 3.8) is 0 Å². The van der Waals surface area contributed by atoms with Crippen LogP contribution in [0.3, 0.4) is 0 Å². The molecule has 1 aliphatic rings. The number of allylic oxidation sites excluding steroid dienone is 1. The first-order chi connectivity index (χ1) is 6.57. The molecule has 1 heteroatoms. The van der Waals surface area contributed by atoms with Gasteiger partial charge < -0.3 is 5.32 Å². The fraction of sp³-hybridized carbons (Fsp3) is 0.385. The van der Waals surface area contributed by atoms with E-state index in [1.54, 1.807) is 0 Å². The Morgan fingerprint density at radius 1 is 1.14 bits per heavy atom. The van der Waals surface area contributed by atoms with Crippen LogP contribution in [0.15, 0.2) is 30.0 Å². The van der Waals surface area contributed by atoms with Gasteiger partial charge in [0.25, 0.3) is 0 Å². The van der Waals surface area contributed by atoms with E-state index in [0.717, 1.165) is 6.54 Å². The van der Waals surface area contributed by atoms with Crippen LogP contribution < -0.4 is 5.32 Å². The molecule has 0 radical (unpaired) electrons. The normalized spacial score (nSPS) is 15.5. The Bertz CT molecular complexity index is 369. The second kappa shape index (κ2) is 3.16. The van der Waals surface area contributed by atoms with Gasteiger partial charge in [-0.05, 0) is 17.2 Å². The maximum absolute atomic E-state index is 3.48. The average Bonchev–Trinajstić information content (AvgIpc) is 2.16. The van der Waals surface area contributed by atoms with Gasteiger partial charge in [-0.3, -0.25) is 0 Å². The van der Waals surface area contributed by atoms with Gasteiger partial charge >= 0.3 is 0 Å². The smallest absolute Gasteiger partial charge is 0.0403 e. The van der Waals surface area contributed by atoms with Crippen molar-refractivity contribution in [2.24, 2.45) is 5.41 Å². The van der Waals surface area contributed by atoms with Gasteiger partial charge in [0.2, 0.25) is 0 Å². The molecule has 1 heterocycles. The zero-order valence-electron chi connectivity index (χ0n) is 9.09. The molecule has 74 valence electrons. The summed E-state index contributed by atoms with van der Waals surface area (Å²) in [4.78, 5) is 0. The second-order valence-corrected chi connectivity index (χ2v) is 4.86. The predicted octanol–water partition coefficient (Wildman–Crippen LogP) is 3.18. The van der Waals surface area contributed by atoms with Gasteiger partial charge in [0.1, 0.15) is 0 Å². The summed E-state index contributed by atoms with van der Waals surface area (Å²) in [6.07, 6.45) is 2.26. The van der Waals surface area contributed by atoms with Crippen LogP contribution in [0.2, 0.25) is 0 Å². The highest BCUT2D eigenvalue weighted by atomic mass is 14.9. The van der Waals surface area contributed by atoms with E-state index in [-0.39, 0.29) is 5.41 Å². The van der Waals surface area contributed by atoms with E-state index < -0.39 is 0 Å². The number of rotatable bonds is 0. The molecular formula is C13H17N. The summed E-state index contributed by atoms with van der Waals surface area (Å²) in [5.74, 6) is 0. The topological polar surface area (TPSA) is 12.0 Å². The van der Waals surface area contributed by atoms with Crippen molar-refractivity contribution in [3.05, 3.63) is 41.1 Å². The highest BCUT2D eigenvalue weighted by Crippen LogP contribution is 2.29. The average molecular weight is 187 g/mol. The molecule has 14 heavy (non-hydrogen) atoms. The molecule has 0 atom stereocenters. The van der Waals surface area contributed by atoms with Crippen LogP contribution in [0.4, 0.5) is 0 Å². The van der Waals surface area contributed by atoms with E-state index in [2.05, 4.69) is 56.4 Å². The van der Waals surface area contributed by atoms with Gasteiger partial charge in [-0.25, -0.2) is 0 Å². The molecule has 1 aromatic carbocycles. The van der Waals surface area contributed by atoms with E-state index >= 15 is 0 Å². The van der Waals surface area contributed by atoms with Crippen LogP contribution in [0, 0.1) is 5.41 Å². The molecule has 0 saturated carbocycles. The maximum Gasteiger partial charge on any atom is 0.0403 e. The lowest BCUT2D eigenvalue weighted by molar-refractivity contribution is 0.460. The molecule has 2 rings (SSSR count). The van der Waals surface area contributed by atoms with Gasteiger partial charge in [0.05, 0.1) is 0 Å². The Hall–Kier alpha value is -1.24. The van der Waals surface area contributed by atoms with E-state index in [1.807, 2.05) is 0 Å². The summed E-state index contributed by atoms with van der Waals surface area (Å²) < 4.78 is 0. The Balaban J connectivity index is 2.41. The number of nitrogens with one attached hydrogen (secondary N) is 1. The zero-order valence-corrected chi connectivity index (χ0v) is 9.09. The van der Waals surface area contributed by atoms with Gasteiger partial charge in [-0.2, -0.15) is 0 Å². The highest BCUT2D eigenvalue weighted by molar-refractivity contribution is 5.59. The maximum atomic E-state index is 3.48. The van der Waals surface area contributed by atoms with Crippen LogP contribution in [-0.2, 0) is 6.54 Å². The molecule has 0 spiro atoms. The monoisotopic (exact) mass is 187 g/mol. The molecule has 0 fully saturated rings. The molecule has 0 amide bonds. The molecule has 0 unspecified atom stereocenters. The van der Waals surface area contributed by atoms with Crippen molar-refractivity contribution in [2.75, 3.05) is 0 Å². The van der Waals surface area contributed by atoms with E-state index in [1.165, 1.54) is 16.8 Å². The minimum atomic E-state index is 0.216. The van der Waals surface area contributed by atoms with Crippen molar-refractivity contribution >= 4 is 6.08 Å². The summed E-state index contributed by atoms with van der Waals surface area (Å²) in [5, 5.41) is 3.48. The zero-order chi connectivity index (χ0) is 10.2. The predicted molar refractivity (Wildman–Crippen MR) is 60.7 cm³/mol. The summed E-state index contributed by atoms with van der Waals surface area (Å²) in [6.45, 7) is 7.67. The highest BCUT2D eigenvalue weighted by Gasteiger charge is 2.19. The van der Waals surface area contributed by atoms with Crippen LogP contribution in [0.5, 0.6) is 0 Å². The van der Waals surface area contributed by atoms with Crippen molar-refractivity contribution in [3.8, 4) is 0 Å². The minimum Gasteiger partial charge on any atom is -0.384 e. The SMILES string of the molecule is CC(C)(C)C1=Cc2ccccc2CN1. The molecule has 0 saturated heterocycles. The molecule has 1 aromatic rings. The van der Waals surface area contributed by atoms with E-state index in [0.29, 0.717) is 0 Å². The molecule has 1 aliphatic heterocycles. The third-order valence-electron chi connectivity index (χ3n) is 2.63. The fourth-order valence-corrected chi connectivity index (χ4v) is 1.71. The van der Waals surface area contributed by atoms with Crippen molar-refractivity contribution in [1.29, 1.82) is 0 Å². The molecule has 0 aliphatic carbocycles. The van der Waals surface area contributed by atoms with E-state index in [9.17, 15) is 0 Å². The van der Waals surface area contributed by atoms with Crippen LogP contribution in [0.1, 0.15) is 31.9 Å². The number of hydrogen-bond acceptors (Lipinski definition) is 1. The number of hydrogen-bond donors (Lipinski definition) is 1. The van der Waals surface area contributed by atoms with Gasteiger partial charge in [0.15, 0.2) is 0 Å². The van der Waals surface area contributed by atoms with Crippen molar-refractivity contribution in [1.82, 2.24) is 5.32 Å². The lowest BCUT2D eigenvalue weighted by Crippen LogP contribution is -2.26. The van der Waals surface area contributed by atoms with Crippen molar-refractivity contribution in [2.45, 2.75) is 27.3 Å². The molecule has 1 nitrogen and oxygen atoms in total. The van der Waals surface area contributed by atoms with Crippen LogP contribution in [0.25, 0.3) is 6.08 Å². The number of benzene rings is 1. The second-order valence-electron chi connectivity index (χ2n) is 4.86. The van der Waals surface area contributed by atoms with Gasteiger partial charge in [-0.15, -0.1) is 0 Å². The van der Waals surface area contributed by atoms with E-state index in [4.69, 9.17) is 0 Å². The molecular weight excluding hydrogens is 170 g/mol. The minimum absolute atomic E-state index is 0.216. The van der Waals surface area contributed by atoms with Gasteiger partial charge in [0, 0.05) is 17.7 Å². The van der Waals surface area contributed by atoms with Gasteiger partial charge in [-0.1, -0.05) is 45.0 Å². The third-order valence-corrected chi connectivity index (χ3v) is 2.63. The molecule has 0 bridgehead atoms. The summed E-state index contributed by atoms with van der Waals surface area (Å²) >= 11 is 0. The molecule has 0 aromatic heterocycles. The summed E-state index contributed by atoms with van der Waals surface area (Å²) in [5.41, 5.74) is 4.29. The quantitative estimate of drug-likeness (QED) is 0.657. The lowest BCUT2D eigenvalue weighted by atomic mass is 9.88. The standard InChI is InChI=1S/C13H17N/c1-13(2,3)12-8-10-6-4-5-7-11(10)9-14-12/h4-8,14H,9H2,1-3H3. The Kier molecular flexibility index (Phi) is 2.10. The summed E-state index contributed by atoms with van der Waals surface area (Å²) in [7, 11) is 0. The first-order valence-corrected chi connectivity index (χ1v) is 5.11. The first-order valence-electron chi connectivity index (χ1n) is 5.11. The van der Waals surface area contributed by atoms with Crippen molar-refractivity contribution < 1.29 is 0 Å². The summed E-state index contributed by atoms with van der Waals surface area (Å²) in [6, 6.07) is 8.55. The number of fused-ring (bicyclic) bond motifs is 1. The lowest BCUT2D eigenvalue weighted by Gasteiger charge is -2.28.